The van der Waals surface area contributed by atoms with Crippen molar-refractivity contribution < 1.29 is 33.3 Å². The van der Waals surface area contributed by atoms with E-state index in [9.17, 15) is 9.59 Å². The van der Waals surface area contributed by atoms with E-state index in [0.29, 0.717) is 63.9 Å². The molecule has 0 fully saturated rings. The van der Waals surface area contributed by atoms with Crippen LogP contribution in [0, 0.1) is 5.92 Å². The van der Waals surface area contributed by atoms with Gasteiger partial charge in [0.15, 0.2) is 28.8 Å². The van der Waals surface area contributed by atoms with Gasteiger partial charge in [0.1, 0.15) is 5.92 Å². The topological polar surface area (TPSA) is 92.7 Å². The first kappa shape index (κ1) is 28.7. The van der Waals surface area contributed by atoms with Crippen LogP contribution in [0.4, 0.5) is 0 Å². The molecule has 0 bridgehead atoms. The Labute approximate surface area is 237 Å². The molecular weight excluding hydrogens is 566 g/mol. The van der Waals surface area contributed by atoms with E-state index in [1.54, 1.807) is 28.4 Å². The smallest absolute Gasteiger partial charge is 0.315 e. The van der Waals surface area contributed by atoms with Gasteiger partial charge in [-0.05, 0) is 77.0 Å². The Kier molecular flexibility index (Phi) is 9.00. The van der Waals surface area contributed by atoms with Crippen LogP contribution in [0.2, 0.25) is 0 Å². The third-order valence-corrected chi connectivity index (χ3v) is 7.87. The van der Waals surface area contributed by atoms with Crippen LogP contribution in [-0.2, 0) is 14.3 Å². The molecule has 0 amide bonds. The van der Waals surface area contributed by atoms with Crippen molar-refractivity contribution in [3.05, 3.63) is 57.2 Å². The molecule has 8 nitrogen and oxygen atoms in total. The number of benzene rings is 2. The zero-order valence-corrected chi connectivity index (χ0v) is 24.7. The lowest BCUT2D eigenvalue weighted by Crippen LogP contribution is -2.38. The summed E-state index contributed by atoms with van der Waals surface area (Å²) in [6, 6.07) is 9.42. The van der Waals surface area contributed by atoms with Crippen molar-refractivity contribution in [3.63, 3.8) is 0 Å². The van der Waals surface area contributed by atoms with Crippen molar-refractivity contribution in [3.8, 4) is 23.0 Å². The highest BCUT2D eigenvalue weighted by Crippen LogP contribution is 2.49. The van der Waals surface area contributed by atoms with Crippen molar-refractivity contribution in [2.45, 2.75) is 44.9 Å². The Morgan fingerprint density at radius 1 is 0.949 bits per heavy atom. The maximum Gasteiger partial charge on any atom is 0.315 e. The number of methoxy groups -OCH3 is 4. The molecule has 2 aromatic rings. The van der Waals surface area contributed by atoms with E-state index in [1.165, 1.54) is 0 Å². The molecule has 3 atom stereocenters. The summed E-state index contributed by atoms with van der Waals surface area (Å²) in [5.41, 5.74) is 3.58. The lowest BCUT2D eigenvalue weighted by Gasteiger charge is -2.36. The van der Waals surface area contributed by atoms with Crippen LogP contribution >= 0.6 is 15.9 Å². The first-order valence-electron chi connectivity index (χ1n) is 12.9. The summed E-state index contributed by atoms with van der Waals surface area (Å²) < 4.78 is 28.2. The maximum absolute atomic E-state index is 13.9. The summed E-state index contributed by atoms with van der Waals surface area (Å²) in [5, 5.41) is 0. The van der Waals surface area contributed by atoms with Gasteiger partial charge >= 0.3 is 5.97 Å². The number of Topliss-reactive ketones (excluding diaryl/α,β-unsaturated/α-hetero) is 1. The summed E-state index contributed by atoms with van der Waals surface area (Å²) in [6.45, 7) is 4.07. The summed E-state index contributed by atoms with van der Waals surface area (Å²) in [4.78, 5) is 32.1. The Bertz CT molecular complexity index is 1330. The average Bonchev–Trinajstić information content (AvgIpc) is 2.93. The third kappa shape index (κ3) is 5.55. The predicted octanol–water partition coefficient (Wildman–Crippen LogP) is 6.01. The zero-order chi connectivity index (χ0) is 28.3. The molecule has 2 aliphatic rings. The highest BCUT2D eigenvalue weighted by atomic mass is 79.9. The Balaban J connectivity index is 1.83. The Hall–Kier alpha value is -3.33. The highest BCUT2D eigenvalue weighted by Gasteiger charge is 2.45. The summed E-state index contributed by atoms with van der Waals surface area (Å²) >= 11 is 3.57. The minimum atomic E-state index is -0.734. The molecule has 0 aromatic heterocycles. The van der Waals surface area contributed by atoms with E-state index < -0.39 is 17.8 Å². The standard InChI is InChI=1S/C30H34BrNO7/c1-7-10-39-30(34)26-16(2)32-21-12-18(17-8-9-23(35-3)24(14-17)36-4)13-22(33)28(21)27(26)19-11-20(31)29(38-6)25(15-19)37-5/h8-9,11,14-15,18,26-27H,7,10,12-13H2,1-6H3/t18-,26?,27-/m1/s1. The molecule has 2 aromatic carbocycles. The van der Waals surface area contributed by atoms with Crippen LogP contribution < -0.4 is 18.9 Å². The number of halogens is 1. The van der Waals surface area contributed by atoms with E-state index in [-0.39, 0.29) is 18.1 Å². The molecule has 1 unspecified atom stereocenters. The van der Waals surface area contributed by atoms with E-state index in [1.807, 2.05) is 44.2 Å². The predicted molar refractivity (Wildman–Crippen MR) is 151 cm³/mol. The molecular formula is C30H34BrNO7. The number of allylic oxidation sites excluding steroid dienone is 2. The minimum Gasteiger partial charge on any atom is -0.493 e. The number of hydrogen-bond donors (Lipinski definition) is 0. The van der Waals surface area contributed by atoms with Gasteiger partial charge in [-0.15, -0.1) is 0 Å². The van der Waals surface area contributed by atoms with E-state index in [2.05, 4.69) is 15.9 Å². The fraction of sp³-hybridized carbons (Fsp3) is 0.433. The lowest BCUT2D eigenvalue weighted by molar-refractivity contribution is -0.146. The van der Waals surface area contributed by atoms with Crippen LogP contribution in [-0.4, -0.2) is 52.5 Å². The van der Waals surface area contributed by atoms with Gasteiger partial charge in [0, 0.05) is 29.3 Å². The van der Waals surface area contributed by atoms with Gasteiger partial charge in [0.2, 0.25) is 0 Å². The second kappa shape index (κ2) is 12.2. The summed E-state index contributed by atoms with van der Waals surface area (Å²) in [5.74, 6) is 0.431. The maximum atomic E-state index is 13.9. The molecule has 208 valence electrons. The van der Waals surface area contributed by atoms with Crippen LogP contribution in [0.3, 0.4) is 0 Å². The first-order valence-corrected chi connectivity index (χ1v) is 13.7. The second-order valence-corrected chi connectivity index (χ2v) is 10.5. The summed E-state index contributed by atoms with van der Waals surface area (Å²) in [7, 11) is 6.29. The fourth-order valence-electron chi connectivity index (χ4n) is 5.48. The number of nitrogens with zero attached hydrogens (tertiary/aromatic N) is 1. The van der Waals surface area contributed by atoms with E-state index in [0.717, 1.165) is 11.1 Å². The van der Waals surface area contributed by atoms with Crippen molar-refractivity contribution in [2.24, 2.45) is 10.9 Å². The van der Waals surface area contributed by atoms with Gasteiger partial charge in [0.25, 0.3) is 0 Å². The Morgan fingerprint density at radius 3 is 2.28 bits per heavy atom. The van der Waals surface area contributed by atoms with Gasteiger partial charge in [0.05, 0.1) is 39.5 Å². The first-order chi connectivity index (χ1) is 18.8. The van der Waals surface area contributed by atoms with Gasteiger partial charge in [-0.2, -0.15) is 0 Å². The van der Waals surface area contributed by atoms with Crippen LogP contribution in [0.5, 0.6) is 23.0 Å². The number of rotatable bonds is 9. The van der Waals surface area contributed by atoms with Crippen molar-refractivity contribution in [1.29, 1.82) is 0 Å². The number of carbonyl (C=O) groups excluding carboxylic acids is 2. The van der Waals surface area contributed by atoms with Gasteiger partial charge in [-0.1, -0.05) is 13.0 Å². The monoisotopic (exact) mass is 599 g/mol. The molecule has 1 heterocycles. The number of hydrogen-bond acceptors (Lipinski definition) is 8. The minimum absolute atomic E-state index is 0.0449. The molecule has 0 radical (unpaired) electrons. The van der Waals surface area contributed by atoms with Gasteiger partial charge < -0.3 is 23.7 Å². The SMILES string of the molecule is CCCOC(=O)C1C(C)=NC2=C(C(=O)C[C@H](c3ccc(OC)c(OC)c3)C2)[C@@H]1c1cc(Br)c(OC)c(OC)c1. The van der Waals surface area contributed by atoms with E-state index in [4.69, 9.17) is 28.7 Å². The van der Waals surface area contributed by atoms with Gasteiger partial charge in [-0.3, -0.25) is 14.6 Å². The van der Waals surface area contributed by atoms with Crippen molar-refractivity contribution >= 4 is 33.4 Å². The number of aliphatic imine (C=N–C) groups is 1. The number of ether oxygens (including phenoxy) is 5. The molecule has 0 saturated heterocycles. The average molecular weight is 601 g/mol. The van der Waals surface area contributed by atoms with Crippen molar-refractivity contribution in [2.75, 3.05) is 35.0 Å². The van der Waals surface area contributed by atoms with Gasteiger partial charge in [-0.25, -0.2) is 0 Å². The lowest BCUT2D eigenvalue weighted by atomic mass is 9.69. The fourth-order valence-corrected chi connectivity index (χ4v) is 6.10. The number of ketones is 1. The largest absolute Gasteiger partial charge is 0.493 e. The third-order valence-electron chi connectivity index (χ3n) is 7.28. The Morgan fingerprint density at radius 2 is 1.64 bits per heavy atom. The molecule has 0 spiro atoms. The molecule has 0 saturated carbocycles. The van der Waals surface area contributed by atoms with Crippen LogP contribution in [0.25, 0.3) is 0 Å². The quantitative estimate of drug-likeness (QED) is 0.326. The molecule has 1 aliphatic heterocycles. The molecule has 1 aliphatic carbocycles. The molecule has 9 heteroatoms. The molecule has 4 rings (SSSR count). The molecule has 39 heavy (non-hydrogen) atoms. The zero-order valence-electron chi connectivity index (χ0n) is 23.1. The second-order valence-electron chi connectivity index (χ2n) is 9.62. The summed E-state index contributed by atoms with van der Waals surface area (Å²) in [6.07, 6.45) is 1.53. The normalized spacial score (nSPS) is 20.6. The van der Waals surface area contributed by atoms with Crippen LogP contribution in [0.1, 0.15) is 56.1 Å². The van der Waals surface area contributed by atoms with Crippen LogP contribution in [0.15, 0.2) is 51.1 Å². The molecule has 0 N–H and O–H groups in total. The highest BCUT2D eigenvalue weighted by molar-refractivity contribution is 9.10. The van der Waals surface area contributed by atoms with Crippen molar-refractivity contribution in [1.82, 2.24) is 0 Å². The number of carbonyl (C=O) groups is 2. The number of esters is 1. The van der Waals surface area contributed by atoms with E-state index >= 15 is 0 Å².